The van der Waals surface area contributed by atoms with E-state index in [2.05, 4.69) is 10.0 Å². The number of benzene rings is 4. The fourth-order valence-electron chi connectivity index (χ4n) is 3.88. The van der Waals surface area contributed by atoms with Crippen molar-refractivity contribution in [3.8, 4) is 17.2 Å². The molecule has 1 atom stereocenters. The Morgan fingerprint density at radius 2 is 1.38 bits per heavy atom. The van der Waals surface area contributed by atoms with Crippen LogP contribution in [0.5, 0.6) is 17.2 Å². The molecule has 0 aromatic heterocycles. The summed E-state index contributed by atoms with van der Waals surface area (Å²) >= 11 is 0. The maximum absolute atomic E-state index is 13.3. The standard InChI is InChI=1S/C30H30N2O6S/c1-36-28-18-17-26(20-29(28)37-2)39(34,35)32-27(19-22-9-5-3-6-10-22)30(33)31-24-13-15-25(16-14-24)38-21-23-11-7-4-8-12-23/h3-18,20,27,32H,19,21H2,1-2H3,(H,31,33)/t27-/m0/s1. The first-order valence-corrected chi connectivity index (χ1v) is 13.7. The summed E-state index contributed by atoms with van der Waals surface area (Å²) in [5.74, 6) is 0.804. The Morgan fingerprint density at radius 1 is 0.769 bits per heavy atom. The van der Waals surface area contributed by atoms with E-state index in [1.54, 1.807) is 24.3 Å². The van der Waals surface area contributed by atoms with E-state index in [0.717, 1.165) is 11.1 Å². The summed E-state index contributed by atoms with van der Waals surface area (Å²) in [6.07, 6.45) is 0.150. The molecule has 0 fully saturated rings. The molecule has 0 unspecified atom stereocenters. The summed E-state index contributed by atoms with van der Waals surface area (Å²) in [5.41, 5.74) is 2.35. The predicted molar refractivity (Wildman–Crippen MR) is 150 cm³/mol. The van der Waals surface area contributed by atoms with Crippen LogP contribution < -0.4 is 24.2 Å². The van der Waals surface area contributed by atoms with Crippen molar-refractivity contribution in [3.63, 3.8) is 0 Å². The molecule has 4 rings (SSSR count). The van der Waals surface area contributed by atoms with Crippen LogP contribution in [0.15, 0.2) is 108 Å². The highest BCUT2D eigenvalue weighted by Gasteiger charge is 2.27. The lowest BCUT2D eigenvalue weighted by Crippen LogP contribution is -2.45. The molecule has 4 aromatic carbocycles. The van der Waals surface area contributed by atoms with E-state index in [1.807, 2.05) is 60.7 Å². The third kappa shape index (κ3) is 7.59. The van der Waals surface area contributed by atoms with Crippen molar-refractivity contribution in [2.45, 2.75) is 24.0 Å². The Kier molecular flexibility index (Phi) is 9.19. The molecule has 0 aliphatic rings. The monoisotopic (exact) mass is 546 g/mol. The second-order valence-corrected chi connectivity index (χ2v) is 10.4. The second kappa shape index (κ2) is 12.9. The van der Waals surface area contributed by atoms with Crippen LogP contribution in [-0.2, 0) is 27.8 Å². The average molecular weight is 547 g/mol. The molecular formula is C30H30N2O6S. The van der Waals surface area contributed by atoms with Gasteiger partial charge in [-0.1, -0.05) is 60.7 Å². The Bertz CT molecular complexity index is 1480. The quantitative estimate of drug-likeness (QED) is 0.264. The van der Waals surface area contributed by atoms with E-state index >= 15 is 0 Å². The molecule has 4 aromatic rings. The van der Waals surface area contributed by atoms with Crippen molar-refractivity contribution < 1.29 is 27.4 Å². The third-order valence-electron chi connectivity index (χ3n) is 5.93. The molecule has 0 saturated carbocycles. The summed E-state index contributed by atoms with van der Waals surface area (Å²) in [4.78, 5) is 13.3. The molecule has 1 amide bonds. The van der Waals surface area contributed by atoms with Crippen LogP contribution in [0.4, 0.5) is 5.69 Å². The lowest BCUT2D eigenvalue weighted by atomic mass is 10.1. The molecule has 0 aliphatic carbocycles. The zero-order valence-electron chi connectivity index (χ0n) is 21.7. The van der Waals surface area contributed by atoms with E-state index < -0.39 is 22.0 Å². The average Bonchev–Trinajstić information content (AvgIpc) is 2.97. The number of sulfonamides is 1. The van der Waals surface area contributed by atoms with Crippen LogP contribution in [0.1, 0.15) is 11.1 Å². The van der Waals surface area contributed by atoms with Gasteiger partial charge < -0.3 is 19.5 Å². The van der Waals surface area contributed by atoms with Gasteiger partial charge in [0.1, 0.15) is 18.4 Å². The third-order valence-corrected chi connectivity index (χ3v) is 7.40. The van der Waals surface area contributed by atoms with Crippen LogP contribution in [0, 0.1) is 0 Å². The van der Waals surface area contributed by atoms with Crippen LogP contribution in [0.3, 0.4) is 0 Å². The van der Waals surface area contributed by atoms with Crippen LogP contribution in [0.2, 0.25) is 0 Å². The summed E-state index contributed by atoms with van der Waals surface area (Å²) in [6, 6.07) is 29.1. The summed E-state index contributed by atoms with van der Waals surface area (Å²) in [5, 5.41) is 2.81. The topological polar surface area (TPSA) is 103 Å². The molecule has 0 radical (unpaired) electrons. The molecule has 0 bridgehead atoms. The van der Waals surface area contributed by atoms with Gasteiger partial charge in [-0.15, -0.1) is 0 Å². The number of rotatable bonds is 12. The first kappa shape index (κ1) is 27.7. The number of methoxy groups -OCH3 is 2. The zero-order valence-corrected chi connectivity index (χ0v) is 22.5. The van der Waals surface area contributed by atoms with Crippen LogP contribution in [0.25, 0.3) is 0 Å². The number of anilines is 1. The Hall–Kier alpha value is -4.34. The Balaban J connectivity index is 1.49. The number of ether oxygens (including phenoxy) is 3. The molecule has 8 nitrogen and oxygen atoms in total. The number of hydrogen-bond acceptors (Lipinski definition) is 6. The lowest BCUT2D eigenvalue weighted by Gasteiger charge is -2.19. The molecule has 9 heteroatoms. The van der Waals surface area contributed by atoms with Gasteiger partial charge in [-0.2, -0.15) is 4.72 Å². The molecule has 39 heavy (non-hydrogen) atoms. The highest BCUT2D eigenvalue weighted by molar-refractivity contribution is 7.89. The maximum Gasteiger partial charge on any atom is 0.242 e. The van der Waals surface area contributed by atoms with Gasteiger partial charge in [-0.05, 0) is 53.9 Å². The number of amides is 1. The molecule has 0 spiro atoms. The van der Waals surface area contributed by atoms with Gasteiger partial charge in [0.15, 0.2) is 11.5 Å². The smallest absolute Gasteiger partial charge is 0.242 e. The molecule has 0 aliphatic heterocycles. The predicted octanol–water partition coefficient (Wildman–Crippen LogP) is 4.81. The first-order chi connectivity index (χ1) is 18.9. The second-order valence-electron chi connectivity index (χ2n) is 8.67. The number of carbonyl (C=O) groups is 1. The van der Waals surface area contributed by atoms with Crippen molar-refractivity contribution in [3.05, 3.63) is 114 Å². The van der Waals surface area contributed by atoms with Crippen molar-refractivity contribution in [2.24, 2.45) is 0 Å². The van der Waals surface area contributed by atoms with E-state index in [0.29, 0.717) is 23.8 Å². The minimum Gasteiger partial charge on any atom is -0.493 e. The van der Waals surface area contributed by atoms with Crippen LogP contribution >= 0.6 is 0 Å². The van der Waals surface area contributed by atoms with Gasteiger partial charge in [-0.3, -0.25) is 4.79 Å². The maximum atomic E-state index is 13.3. The van der Waals surface area contributed by atoms with Gasteiger partial charge in [-0.25, -0.2) is 8.42 Å². The fourth-order valence-corrected chi connectivity index (χ4v) is 5.09. The van der Waals surface area contributed by atoms with Gasteiger partial charge in [0.2, 0.25) is 15.9 Å². The molecular weight excluding hydrogens is 516 g/mol. The fraction of sp³-hybridized carbons (Fsp3) is 0.167. The highest BCUT2D eigenvalue weighted by atomic mass is 32.2. The number of nitrogens with one attached hydrogen (secondary N) is 2. The number of carbonyl (C=O) groups excluding carboxylic acids is 1. The Morgan fingerprint density at radius 3 is 2.00 bits per heavy atom. The zero-order chi connectivity index (χ0) is 27.7. The molecule has 2 N–H and O–H groups in total. The minimum atomic E-state index is -4.08. The largest absolute Gasteiger partial charge is 0.493 e. The summed E-state index contributed by atoms with van der Waals surface area (Å²) in [6.45, 7) is 0.420. The lowest BCUT2D eigenvalue weighted by molar-refractivity contribution is -0.117. The summed E-state index contributed by atoms with van der Waals surface area (Å²) in [7, 11) is -1.19. The minimum absolute atomic E-state index is 0.0501. The van der Waals surface area contributed by atoms with E-state index in [9.17, 15) is 13.2 Å². The summed E-state index contributed by atoms with van der Waals surface area (Å²) < 4.78 is 45.4. The van der Waals surface area contributed by atoms with E-state index in [-0.39, 0.29) is 17.1 Å². The molecule has 0 saturated heterocycles. The van der Waals surface area contributed by atoms with E-state index in [1.165, 1.54) is 32.4 Å². The highest BCUT2D eigenvalue weighted by Crippen LogP contribution is 2.29. The van der Waals surface area contributed by atoms with Crippen molar-refractivity contribution in [1.82, 2.24) is 4.72 Å². The van der Waals surface area contributed by atoms with Crippen molar-refractivity contribution in [1.29, 1.82) is 0 Å². The molecule has 202 valence electrons. The Labute approximate surface area is 228 Å². The van der Waals surface area contributed by atoms with Crippen molar-refractivity contribution in [2.75, 3.05) is 19.5 Å². The first-order valence-electron chi connectivity index (χ1n) is 12.2. The van der Waals surface area contributed by atoms with Gasteiger partial charge >= 0.3 is 0 Å². The van der Waals surface area contributed by atoms with Crippen molar-refractivity contribution >= 4 is 21.6 Å². The van der Waals surface area contributed by atoms with Crippen LogP contribution in [-0.4, -0.2) is 34.6 Å². The SMILES string of the molecule is COc1ccc(S(=O)(=O)N[C@@H](Cc2ccccc2)C(=O)Nc2ccc(OCc3ccccc3)cc2)cc1OC. The number of hydrogen-bond donors (Lipinski definition) is 2. The normalized spacial score (nSPS) is 11.8. The van der Waals surface area contributed by atoms with Gasteiger partial charge in [0.25, 0.3) is 0 Å². The molecule has 0 heterocycles. The van der Waals surface area contributed by atoms with E-state index in [4.69, 9.17) is 14.2 Å². The van der Waals surface area contributed by atoms with Gasteiger partial charge in [0, 0.05) is 11.8 Å². The van der Waals surface area contributed by atoms with Gasteiger partial charge in [0.05, 0.1) is 19.1 Å².